The number of aromatic nitrogens is 1. The summed E-state index contributed by atoms with van der Waals surface area (Å²) in [4.78, 5) is 18.1. The standard InChI is InChI=1S/C26H27N3O5S/c1-16-17(2)24(27-14-21(16)18-6-5-7-20(12-18)35(31,32)29(3)4)28-25(30)26(10-11-26)19-8-9-22-23(13-19)34-15-33-22/h5-9,12-14H,10-11,15H2,1-4H3,(H,27,28,30). The number of ether oxygens (including phenoxy) is 2. The fourth-order valence-corrected chi connectivity index (χ4v) is 5.30. The van der Waals surface area contributed by atoms with Crippen LogP contribution in [0.1, 0.15) is 29.5 Å². The Morgan fingerprint density at radius 2 is 1.77 bits per heavy atom. The lowest BCUT2D eigenvalue weighted by Gasteiger charge is -2.19. The normalized spacial score (nSPS) is 15.8. The molecule has 1 aliphatic carbocycles. The quantitative estimate of drug-likeness (QED) is 0.557. The van der Waals surface area contributed by atoms with Crippen LogP contribution in [-0.2, 0) is 20.2 Å². The number of sulfonamides is 1. The van der Waals surface area contributed by atoms with Crippen molar-refractivity contribution in [3.63, 3.8) is 0 Å². The monoisotopic (exact) mass is 493 g/mol. The molecule has 0 saturated heterocycles. The zero-order valence-electron chi connectivity index (χ0n) is 20.1. The van der Waals surface area contributed by atoms with Crippen molar-refractivity contribution in [2.75, 3.05) is 26.2 Å². The summed E-state index contributed by atoms with van der Waals surface area (Å²) in [6, 6.07) is 12.5. The van der Waals surface area contributed by atoms with Crippen LogP contribution >= 0.6 is 0 Å². The van der Waals surface area contributed by atoms with Crippen LogP contribution in [0.25, 0.3) is 11.1 Å². The van der Waals surface area contributed by atoms with Gasteiger partial charge in [-0.2, -0.15) is 0 Å². The van der Waals surface area contributed by atoms with Gasteiger partial charge in [-0.25, -0.2) is 17.7 Å². The van der Waals surface area contributed by atoms with E-state index in [0.717, 1.165) is 40.7 Å². The van der Waals surface area contributed by atoms with Crippen LogP contribution in [-0.4, -0.2) is 44.5 Å². The van der Waals surface area contributed by atoms with Crippen molar-refractivity contribution in [1.29, 1.82) is 0 Å². The van der Waals surface area contributed by atoms with Crippen LogP contribution in [0.4, 0.5) is 5.82 Å². The van der Waals surface area contributed by atoms with E-state index in [1.54, 1.807) is 24.4 Å². The molecule has 8 nitrogen and oxygen atoms in total. The number of rotatable bonds is 6. The predicted molar refractivity (Wildman–Crippen MR) is 132 cm³/mol. The van der Waals surface area contributed by atoms with Crippen LogP contribution in [0, 0.1) is 13.8 Å². The number of pyridine rings is 1. The molecule has 1 amide bonds. The lowest BCUT2D eigenvalue weighted by Crippen LogP contribution is -2.28. The second-order valence-electron chi connectivity index (χ2n) is 9.19. The van der Waals surface area contributed by atoms with Gasteiger partial charge in [-0.05, 0) is 73.2 Å². The van der Waals surface area contributed by atoms with Crippen molar-refractivity contribution < 1.29 is 22.7 Å². The van der Waals surface area contributed by atoms with Gasteiger partial charge in [0.15, 0.2) is 11.5 Å². The Hall–Kier alpha value is -3.43. The number of hydrogen-bond donors (Lipinski definition) is 1. The first-order valence-corrected chi connectivity index (χ1v) is 12.8. The lowest BCUT2D eigenvalue weighted by molar-refractivity contribution is -0.118. The number of amides is 1. The number of hydrogen-bond acceptors (Lipinski definition) is 6. The Labute approximate surface area is 204 Å². The Bertz CT molecular complexity index is 1450. The molecule has 3 aromatic rings. The number of benzene rings is 2. The summed E-state index contributed by atoms with van der Waals surface area (Å²) in [6.07, 6.45) is 3.18. The van der Waals surface area contributed by atoms with Crippen molar-refractivity contribution >= 4 is 21.7 Å². The van der Waals surface area contributed by atoms with E-state index in [9.17, 15) is 13.2 Å². The van der Waals surface area contributed by atoms with Gasteiger partial charge in [0, 0.05) is 25.9 Å². The average Bonchev–Trinajstić information content (AvgIpc) is 3.53. The highest BCUT2D eigenvalue weighted by atomic mass is 32.2. The van der Waals surface area contributed by atoms with Crippen molar-refractivity contribution in [2.24, 2.45) is 0 Å². The molecule has 2 aliphatic rings. The predicted octanol–water partition coefficient (Wildman–Crippen LogP) is 4.01. The van der Waals surface area contributed by atoms with E-state index in [0.29, 0.717) is 17.3 Å². The third kappa shape index (κ3) is 3.94. The van der Waals surface area contributed by atoms with E-state index in [1.165, 1.54) is 18.4 Å². The van der Waals surface area contributed by atoms with Gasteiger partial charge in [-0.3, -0.25) is 4.79 Å². The molecule has 1 N–H and O–H groups in total. The number of nitrogens with zero attached hydrogens (tertiary/aromatic N) is 2. The number of fused-ring (bicyclic) bond motifs is 1. The molecule has 2 aromatic carbocycles. The second-order valence-corrected chi connectivity index (χ2v) is 11.3. The van der Waals surface area contributed by atoms with E-state index in [2.05, 4.69) is 10.3 Å². The van der Waals surface area contributed by atoms with E-state index in [4.69, 9.17) is 9.47 Å². The van der Waals surface area contributed by atoms with Crippen LogP contribution < -0.4 is 14.8 Å². The molecule has 182 valence electrons. The second kappa shape index (κ2) is 8.35. The molecule has 1 fully saturated rings. The number of anilines is 1. The van der Waals surface area contributed by atoms with Gasteiger partial charge in [0.25, 0.3) is 0 Å². The molecule has 0 unspecified atom stereocenters. The topological polar surface area (TPSA) is 97.8 Å². The van der Waals surface area contributed by atoms with E-state index in [-0.39, 0.29) is 17.6 Å². The summed E-state index contributed by atoms with van der Waals surface area (Å²) < 4.78 is 37.2. The molecular formula is C26H27N3O5S. The Balaban J connectivity index is 1.42. The van der Waals surface area contributed by atoms with Crippen molar-refractivity contribution in [3.8, 4) is 22.6 Å². The molecular weight excluding hydrogens is 466 g/mol. The fraction of sp³-hybridized carbons (Fsp3) is 0.308. The summed E-state index contributed by atoms with van der Waals surface area (Å²) in [5, 5.41) is 3.02. The average molecular weight is 494 g/mol. The summed E-state index contributed by atoms with van der Waals surface area (Å²) >= 11 is 0. The molecule has 1 aromatic heterocycles. The molecule has 5 rings (SSSR count). The smallest absolute Gasteiger partial charge is 0.242 e. The summed E-state index contributed by atoms with van der Waals surface area (Å²) in [5.41, 5.74) is 3.62. The fourth-order valence-electron chi connectivity index (χ4n) is 4.35. The van der Waals surface area contributed by atoms with E-state index >= 15 is 0 Å². The first-order chi connectivity index (χ1) is 16.6. The zero-order chi connectivity index (χ0) is 25.0. The SMILES string of the molecule is Cc1c(-c2cccc(S(=O)(=O)N(C)C)c2)cnc(NC(=O)C2(c3ccc4c(c3)OCO4)CC2)c1C. The molecule has 9 heteroatoms. The molecule has 35 heavy (non-hydrogen) atoms. The first kappa shape index (κ1) is 23.3. The molecule has 0 atom stereocenters. The van der Waals surface area contributed by atoms with Gasteiger partial charge in [-0.1, -0.05) is 18.2 Å². The van der Waals surface area contributed by atoms with Gasteiger partial charge in [0.2, 0.25) is 22.7 Å². The highest BCUT2D eigenvalue weighted by molar-refractivity contribution is 7.89. The van der Waals surface area contributed by atoms with Gasteiger partial charge in [-0.15, -0.1) is 0 Å². The molecule has 2 heterocycles. The molecule has 0 radical (unpaired) electrons. The van der Waals surface area contributed by atoms with E-state index < -0.39 is 15.4 Å². The van der Waals surface area contributed by atoms with Gasteiger partial charge in [0.1, 0.15) is 5.82 Å². The first-order valence-electron chi connectivity index (χ1n) is 11.3. The number of carbonyl (C=O) groups is 1. The third-order valence-electron chi connectivity index (χ3n) is 6.91. The summed E-state index contributed by atoms with van der Waals surface area (Å²) in [7, 11) is -0.542. The highest BCUT2D eigenvalue weighted by Crippen LogP contribution is 2.51. The van der Waals surface area contributed by atoms with Crippen LogP contribution in [0.2, 0.25) is 0 Å². The maximum atomic E-state index is 13.3. The van der Waals surface area contributed by atoms with Crippen molar-refractivity contribution in [1.82, 2.24) is 9.29 Å². The molecule has 0 spiro atoms. The van der Waals surface area contributed by atoms with Crippen molar-refractivity contribution in [2.45, 2.75) is 37.0 Å². The minimum Gasteiger partial charge on any atom is -0.454 e. The van der Waals surface area contributed by atoms with Crippen LogP contribution in [0.3, 0.4) is 0 Å². The summed E-state index contributed by atoms with van der Waals surface area (Å²) in [6.45, 7) is 4.04. The molecule has 1 aliphatic heterocycles. The molecule has 1 saturated carbocycles. The number of carbonyl (C=O) groups excluding carboxylic acids is 1. The van der Waals surface area contributed by atoms with Crippen molar-refractivity contribution in [3.05, 3.63) is 65.4 Å². The van der Waals surface area contributed by atoms with Gasteiger partial charge >= 0.3 is 0 Å². The van der Waals surface area contributed by atoms with Gasteiger partial charge < -0.3 is 14.8 Å². The lowest BCUT2D eigenvalue weighted by atomic mass is 9.94. The Morgan fingerprint density at radius 3 is 2.49 bits per heavy atom. The number of nitrogens with one attached hydrogen (secondary N) is 1. The zero-order valence-corrected chi connectivity index (χ0v) is 20.9. The van der Waals surface area contributed by atoms with Crippen LogP contribution in [0.5, 0.6) is 11.5 Å². The minimum atomic E-state index is -3.55. The largest absolute Gasteiger partial charge is 0.454 e. The van der Waals surface area contributed by atoms with E-state index in [1.807, 2.05) is 38.1 Å². The highest BCUT2D eigenvalue weighted by Gasteiger charge is 2.52. The Morgan fingerprint density at radius 1 is 1.03 bits per heavy atom. The minimum absolute atomic E-state index is 0.0989. The molecule has 0 bridgehead atoms. The summed E-state index contributed by atoms with van der Waals surface area (Å²) in [5.74, 6) is 1.75. The van der Waals surface area contributed by atoms with Gasteiger partial charge in [0.05, 0.1) is 10.3 Å². The maximum Gasteiger partial charge on any atom is 0.242 e. The third-order valence-corrected chi connectivity index (χ3v) is 8.72. The maximum absolute atomic E-state index is 13.3. The Kier molecular flexibility index (Phi) is 5.56. The van der Waals surface area contributed by atoms with Crippen LogP contribution in [0.15, 0.2) is 53.6 Å².